The molecule has 0 radical (unpaired) electrons. The van der Waals surface area contributed by atoms with Gasteiger partial charge in [0.05, 0.1) is 29.8 Å². The van der Waals surface area contributed by atoms with E-state index in [0.29, 0.717) is 30.1 Å². The van der Waals surface area contributed by atoms with Crippen molar-refractivity contribution >= 4 is 12.3 Å². The summed E-state index contributed by atoms with van der Waals surface area (Å²) in [5.41, 5.74) is -1.49. The number of carboxylic acid groups (broad SMARTS) is 1. The topological polar surface area (TPSA) is 79.3 Å². The molecule has 2 heterocycles. The number of aldehydes is 1. The van der Waals surface area contributed by atoms with Crippen molar-refractivity contribution in [3.05, 3.63) is 11.6 Å². The molecule has 5 aliphatic carbocycles. The quantitative estimate of drug-likeness (QED) is 0.197. The molecule has 2 saturated heterocycles. The summed E-state index contributed by atoms with van der Waals surface area (Å²) in [5, 5.41) is 11.6. The fourth-order valence-corrected chi connectivity index (χ4v) is 13.6. The normalized spacial score (nSPS) is 46.7. The van der Waals surface area contributed by atoms with Crippen LogP contribution in [0.5, 0.6) is 0 Å². The van der Waals surface area contributed by atoms with Gasteiger partial charge in [-0.1, -0.05) is 77.9 Å². The smallest absolute Gasteiger partial charge is 0.315 e. The number of aliphatic carboxylic acids is 1. The molecular weight excluding hydrogens is 588 g/mol. The zero-order valence-corrected chi connectivity index (χ0v) is 30.3. The number of allylic oxidation sites excluding steroid dienone is 1. The van der Waals surface area contributed by atoms with Gasteiger partial charge < -0.3 is 19.4 Å². The number of ether oxygens (including phenoxy) is 2. The van der Waals surface area contributed by atoms with E-state index in [1.54, 1.807) is 0 Å². The van der Waals surface area contributed by atoms with E-state index in [1.807, 2.05) is 0 Å². The molecule has 2 aliphatic heterocycles. The van der Waals surface area contributed by atoms with E-state index in [2.05, 4.69) is 57.4 Å². The molecule has 6 fully saturated rings. The van der Waals surface area contributed by atoms with Gasteiger partial charge in [0.2, 0.25) is 0 Å². The van der Waals surface area contributed by atoms with E-state index in [0.717, 1.165) is 70.5 Å². The van der Waals surface area contributed by atoms with Crippen LogP contribution >= 0.6 is 0 Å². The third-order valence-electron chi connectivity index (χ3n) is 15.2. The van der Waals surface area contributed by atoms with Gasteiger partial charge in [0.1, 0.15) is 11.7 Å². The minimum atomic E-state index is -1.16. The molecule has 7 nitrogen and oxygen atoms in total. The van der Waals surface area contributed by atoms with Crippen molar-refractivity contribution in [1.29, 1.82) is 0 Å². The maximum atomic E-state index is 14.2. The fraction of sp³-hybridized carbons (Fsp3) is 0.900. The number of hydrogen-bond donors (Lipinski definition) is 1. The predicted octanol–water partition coefficient (Wildman–Crippen LogP) is 6.70. The van der Waals surface area contributed by atoms with Crippen LogP contribution in [-0.4, -0.2) is 90.8 Å². The van der Waals surface area contributed by atoms with Crippen molar-refractivity contribution in [2.45, 2.75) is 130 Å². The van der Waals surface area contributed by atoms with Crippen molar-refractivity contribution in [3.63, 3.8) is 0 Å². The van der Waals surface area contributed by atoms with E-state index in [9.17, 15) is 14.7 Å². The Morgan fingerprint density at radius 3 is 2.40 bits per heavy atom. The Morgan fingerprint density at radius 2 is 1.77 bits per heavy atom. The molecule has 7 aliphatic rings. The Bertz CT molecular complexity index is 1200. The standard InChI is InChI=1S/C40H64N2O5/c1-7-41(15-16-42-21-27(5)46-28(6)22-42)23-35-31(29-11-9-8-10-12-29)18-36(47-35)39-20-32-26(4)13-14-33(32)38(24-43)19-30(39)17-34(25(2)3)40(38,39)37(44)45/h17,24-33,35-36H,7-16,18-23H2,1-6H3,(H,44,45)/t26-,27-,28+,30?,31+,32-,33-,35+,36-,38?,39?,40+/m1/s1. The van der Waals surface area contributed by atoms with Gasteiger partial charge in [0, 0.05) is 38.1 Å². The highest BCUT2D eigenvalue weighted by Crippen LogP contribution is 2.84. The van der Waals surface area contributed by atoms with Gasteiger partial charge in [-0.2, -0.15) is 0 Å². The molecule has 0 spiro atoms. The van der Waals surface area contributed by atoms with Crippen LogP contribution in [0.1, 0.15) is 106 Å². The number of carbonyl (C=O) groups is 2. The minimum Gasteiger partial charge on any atom is -0.481 e. The Labute approximate surface area is 284 Å². The zero-order chi connectivity index (χ0) is 33.3. The van der Waals surface area contributed by atoms with Crippen LogP contribution < -0.4 is 0 Å². The maximum Gasteiger partial charge on any atom is 0.315 e. The van der Waals surface area contributed by atoms with Crippen LogP contribution in [0.2, 0.25) is 0 Å². The van der Waals surface area contributed by atoms with Crippen LogP contribution in [0.15, 0.2) is 11.6 Å². The first-order valence-electron chi connectivity index (χ1n) is 19.7. The molecule has 0 aromatic rings. The lowest BCUT2D eigenvalue weighted by atomic mass is 9.41. The highest BCUT2D eigenvalue weighted by Gasteiger charge is 2.86. The molecule has 0 aromatic carbocycles. The number of morpholine rings is 1. The van der Waals surface area contributed by atoms with Crippen LogP contribution in [-0.2, 0) is 19.1 Å². The summed E-state index contributed by atoms with van der Waals surface area (Å²) in [6.45, 7) is 19.2. The lowest BCUT2D eigenvalue weighted by Crippen LogP contribution is -2.65. The number of fused-ring (bicyclic) bond motifs is 2. The lowest BCUT2D eigenvalue weighted by Gasteiger charge is -2.60. The van der Waals surface area contributed by atoms with Gasteiger partial charge in [-0.05, 0) is 87.5 Å². The molecule has 3 unspecified atom stereocenters. The third-order valence-corrected chi connectivity index (χ3v) is 15.2. The van der Waals surface area contributed by atoms with Crippen molar-refractivity contribution in [3.8, 4) is 0 Å². The number of carbonyl (C=O) groups excluding carboxylic acids is 1. The Hall–Kier alpha value is -1.28. The average Bonchev–Trinajstić information content (AvgIpc) is 3.76. The van der Waals surface area contributed by atoms with Crippen molar-refractivity contribution in [2.24, 2.45) is 57.7 Å². The summed E-state index contributed by atoms with van der Waals surface area (Å²) in [6, 6.07) is 0. The van der Waals surface area contributed by atoms with Gasteiger partial charge in [0.25, 0.3) is 0 Å². The van der Waals surface area contributed by atoms with E-state index >= 15 is 0 Å². The summed E-state index contributed by atoms with van der Waals surface area (Å²) in [4.78, 5) is 33.0. The molecule has 0 amide bonds. The average molecular weight is 653 g/mol. The van der Waals surface area contributed by atoms with Crippen LogP contribution in [0.25, 0.3) is 0 Å². The predicted molar refractivity (Wildman–Crippen MR) is 184 cm³/mol. The molecule has 47 heavy (non-hydrogen) atoms. The lowest BCUT2D eigenvalue weighted by molar-refractivity contribution is -0.197. The summed E-state index contributed by atoms with van der Waals surface area (Å²) in [6.07, 6.45) is 15.2. The number of hydrogen-bond acceptors (Lipinski definition) is 6. The zero-order valence-electron chi connectivity index (χ0n) is 30.3. The minimum absolute atomic E-state index is 0.0954. The molecule has 0 aromatic heterocycles. The molecule has 4 saturated carbocycles. The summed E-state index contributed by atoms with van der Waals surface area (Å²) >= 11 is 0. The first-order chi connectivity index (χ1) is 22.5. The van der Waals surface area contributed by atoms with E-state index in [1.165, 1.54) is 38.4 Å². The number of likely N-dealkylation sites (N-methyl/N-ethyl adjacent to an activating group) is 1. The first-order valence-corrected chi connectivity index (χ1v) is 19.7. The second-order valence-electron chi connectivity index (χ2n) is 17.7. The fourth-order valence-electron chi connectivity index (χ4n) is 13.6. The van der Waals surface area contributed by atoms with Gasteiger partial charge in [0.15, 0.2) is 0 Å². The molecular formula is C40H64N2O5. The van der Waals surface area contributed by atoms with E-state index in [-0.39, 0.29) is 42.2 Å². The first kappa shape index (κ1) is 34.2. The number of rotatable bonds is 11. The highest BCUT2D eigenvalue weighted by molar-refractivity contribution is 5.90. The van der Waals surface area contributed by atoms with E-state index < -0.39 is 22.2 Å². The summed E-state index contributed by atoms with van der Waals surface area (Å²) < 4.78 is 13.5. The van der Waals surface area contributed by atoms with Gasteiger partial charge in [-0.15, -0.1) is 0 Å². The second kappa shape index (κ2) is 12.8. The Kier molecular flexibility index (Phi) is 9.31. The Morgan fingerprint density at radius 1 is 1.04 bits per heavy atom. The second-order valence-corrected chi connectivity index (χ2v) is 17.7. The molecule has 264 valence electrons. The van der Waals surface area contributed by atoms with E-state index in [4.69, 9.17) is 9.47 Å². The Balaban J connectivity index is 1.22. The van der Waals surface area contributed by atoms with Gasteiger partial charge >= 0.3 is 5.97 Å². The van der Waals surface area contributed by atoms with Crippen molar-refractivity contribution in [1.82, 2.24) is 9.80 Å². The number of nitrogens with zero attached hydrogens (tertiary/aromatic N) is 2. The monoisotopic (exact) mass is 652 g/mol. The largest absolute Gasteiger partial charge is 0.481 e. The molecule has 7 heteroatoms. The number of carboxylic acids is 1. The van der Waals surface area contributed by atoms with Gasteiger partial charge in [-0.3, -0.25) is 14.6 Å². The SMILES string of the molecule is CCN(CCN1C[C@@H](C)O[C@@H](C)C1)C[C@@H]1O[C@@H](C23C[C@@H]4[C@H](C)CC[C@H]4C4(C=O)CC2C=C(C(C)C)[C@]43C(=O)O)C[C@H]1C1CCCCC1. The summed E-state index contributed by atoms with van der Waals surface area (Å²) in [5.74, 6) is 1.64. The summed E-state index contributed by atoms with van der Waals surface area (Å²) in [7, 11) is 0. The molecule has 7 rings (SSSR count). The molecule has 12 atom stereocenters. The maximum absolute atomic E-state index is 14.2. The highest BCUT2D eigenvalue weighted by atomic mass is 16.5. The third kappa shape index (κ3) is 5.00. The van der Waals surface area contributed by atoms with Gasteiger partial charge in [-0.25, -0.2) is 0 Å². The molecule has 1 N–H and O–H groups in total. The van der Waals surface area contributed by atoms with Crippen molar-refractivity contribution < 1.29 is 24.2 Å². The van der Waals surface area contributed by atoms with Crippen molar-refractivity contribution in [2.75, 3.05) is 39.3 Å². The van der Waals surface area contributed by atoms with Crippen LogP contribution in [0.4, 0.5) is 0 Å². The van der Waals surface area contributed by atoms with Crippen LogP contribution in [0, 0.1) is 57.7 Å². The van der Waals surface area contributed by atoms with Crippen LogP contribution in [0.3, 0.4) is 0 Å². The molecule has 4 bridgehead atoms.